The lowest BCUT2D eigenvalue weighted by atomic mass is 9.94. The van der Waals surface area contributed by atoms with Gasteiger partial charge in [0.25, 0.3) is 0 Å². The van der Waals surface area contributed by atoms with Gasteiger partial charge < -0.3 is 11.1 Å². The molecule has 0 aromatic rings. The first-order chi connectivity index (χ1) is 6.77. The van der Waals surface area contributed by atoms with Crippen molar-refractivity contribution in [2.24, 2.45) is 11.1 Å². The smallest absolute Gasteiger partial charge is 0.227 e. The number of nitrogens with two attached hydrogens (primary N) is 1. The summed E-state index contributed by atoms with van der Waals surface area (Å²) < 4.78 is 0. The molecule has 0 aliphatic heterocycles. The van der Waals surface area contributed by atoms with Crippen molar-refractivity contribution in [2.75, 3.05) is 6.54 Å². The molecule has 0 radical (unpaired) electrons. The highest BCUT2D eigenvalue weighted by molar-refractivity contribution is 5.85. The molecule has 1 amide bonds. The van der Waals surface area contributed by atoms with E-state index in [9.17, 15) is 4.79 Å². The monoisotopic (exact) mass is 196 g/mol. The van der Waals surface area contributed by atoms with Gasteiger partial charge in [-0.2, -0.15) is 0 Å². The Kier molecular flexibility index (Phi) is 2.77. The molecule has 0 saturated heterocycles. The molecule has 0 heterocycles. The fraction of sp³-hybridized carbons (Fsp3) is 0.909. The van der Waals surface area contributed by atoms with Gasteiger partial charge in [-0.3, -0.25) is 4.79 Å². The fourth-order valence-electron chi connectivity index (χ4n) is 2.26. The Morgan fingerprint density at radius 1 is 1.29 bits per heavy atom. The van der Waals surface area contributed by atoms with Crippen molar-refractivity contribution in [1.82, 2.24) is 5.32 Å². The Balaban J connectivity index is 1.81. The summed E-state index contributed by atoms with van der Waals surface area (Å²) in [4.78, 5) is 11.8. The predicted octanol–water partition coefficient (Wildman–Crippen LogP) is 1.17. The van der Waals surface area contributed by atoms with Crippen molar-refractivity contribution in [3.8, 4) is 0 Å². The number of amides is 1. The van der Waals surface area contributed by atoms with E-state index in [0.29, 0.717) is 12.6 Å². The van der Waals surface area contributed by atoms with Gasteiger partial charge in [0, 0.05) is 12.6 Å². The van der Waals surface area contributed by atoms with E-state index < -0.39 is 0 Å². The first-order valence-corrected chi connectivity index (χ1v) is 5.78. The SMILES string of the molecule is NCC1(C(=O)NC2CCCCC2)CC1. The number of carbonyl (C=O) groups is 1. The molecule has 80 valence electrons. The summed E-state index contributed by atoms with van der Waals surface area (Å²) in [5, 5.41) is 3.15. The molecule has 0 unspecified atom stereocenters. The largest absolute Gasteiger partial charge is 0.353 e. The molecular weight excluding hydrogens is 176 g/mol. The Morgan fingerprint density at radius 3 is 2.43 bits per heavy atom. The molecule has 2 aliphatic rings. The maximum Gasteiger partial charge on any atom is 0.227 e. The summed E-state index contributed by atoms with van der Waals surface area (Å²) in [5.74, 6) is 0.215. The van der Waals surface area contributed by atoms with E-state index in [4.69, 9.17) is 5.73 Å². The Labute approximate surface area is 85.4 Å². The van der Waals surface area contributed by atoms with E-state index in [-0.39, 0.29) is 11.3 Å². The molecular formula is C11H20N2O. The fourth-order valence-corrected chi connectivity index (χ4v) is 2.26. The normalized spacial score (nSPS) is 25.8. The molecule has 2 fully saturated rings. The number of hydrogen-bond acceptors (Lipinski definition) is 2. The topological polar surface area (TPSA) is 55.1 Å². The van der Waals surface area contributed by atoms with Crippen molar-refractivity contribution in [3.63, 3.8) is 0 Å². The summed E-state index contributed by atoms with van der Waals surface area (Å²) >= 11 is 0. The van der Waals surface area contributed by atoms with Gasteiger partial charge in [0.2, 0.25) is 5.91 Å². The summed E-state index contributed by atoms with van der Waals surface area (Å²) in [7, 11) is 0. The van der Waals surface area contributed by atoms with E-state index in [1.165, 1.54) is 19.3 Å². The summed E-state index contributed by atoms with van der Waals surface area (Å²) in [6, 6.07) is 0.431. The number of carbonyl (C=O) groups excluding carboxylic acids is 1. The second-order valence-corrected chi connectivity index (χ2v) is 4.79. The predicted molar refractivity (Wildman–Crippen MR) is 55.7 cm³/mol. The third-order valence-corrected chi connectivity index (χ3v) is 3.67. The molecule has 14 heavy (non-hydrogen) atoms. The minimum Gasteiger partial charge on any atom is -0.353 e. The van der Waals surface area contributed by atoms with Gasteiger partial charge in [0.05, 0.1) is 5.41 Å². The highest BCUT2D eigenvalue weighted by atomic mass is 16.2. The summed E-state index contributed by atoms with van der Waals surface area (Å²) in [5.41, 5.74) is 5.44. The van der Waals surface area contributed by atoms with Crippen LogP contribution >= 0.6 is 0 Å². The zero-order valence-electron chi connectivity index (χ0n) is 8.72. The minimum absolute atomic E-state index is 0.169. The van der Waals surface area contributed by atoms with Crippen molar-refractivity contribution in [2.45, 2.75) is 51.0 Å². The standard InChI is InChI=1S/C11H20N2O/c12-8-11(6-7-11)10(14)13-9-4-2-1-3-5-9/h9H,1-8,12H2,(H,13,14). The lowest BCUT2D eigenvalue weighted by molar-refractivity contribution is -0.126. The molecule has 3 nitrogen and oxygen atoms in total. The minimum atomic E-state index is -0.169. The Bertz CT molecular complexity index is 217. The van der Waals surface area contributed by atoms with Gasteiger partial charge in [0.15, 0.2) is 0 Å². The maximum atomic E-state index is 11.8. The summed E-state index contributed by atoms with van der Waals surface area (Å²) in [6.45, 7) is 0.519. The van der Waals surface area contributed by atoms with E-state index in [0.717, 1.165) is 25.7 Å². The molecule has 0 aromatic carbocycles. The first-order valence-electron chi connectivity index (χ1n) is 5.78. The van der Waals surface area contributed by atoms with Crippen LogP contribution in [0.1, 0.15) is 44.9 Å². The van der Waals surface area contributed by atoms with Crippen molar-refractivity contribution < 1.29 is 4.79 Å². The molecule has 2 aliphatic carbocycles. The molecule has 3 N–H and O–H groups in total. The van der Waals surface area contributed by atoms with Crippen LogP contribution in [0.4, 0.5) is 0 Å². The quantitative estimate of drug-likeness (QED) is 0.712. The number of rotatable bonds is 3. The van der Waals surface area contributed by atoms with Crippen LogP contribution in [0.25, 0.3) is 0 Å². The van der Waals surface area contributed by atoms with E-state index in [2.05, 4.69) is 5.32 Å². The van der Waals surface area contributed by atoms with Crippen LogP contribution in [0.3, 0.4) is 0 Å². The second kappa shape index (κ2) is 3.89. The Hall–Kier alpha value is -0.570. The molecule has 2 rings (SSSR count). The zero-order chi connectivity index (χ0) is 10.0. The van der Waals surface area contributed by atoms with Gasteiger partial charge in [0.1, 0.15) is 0 Å². The molecule has 0 spiro atoms. The van der Waals surface area contributed by atoms with E-state index in [1.54, 1.807) is 0 Å². The van der Waals surface area contributed by atoms with Crippen LogP contribution < -0.4 is 11.1 Å². The van der Waals surface area contributed by atoms with Crippen molar-refractivity contribution >= 4 is 5.91 Å². The van der Waals surface area contributed by atoms with E-state index in [1.807, 2.05) is 0 Å². The lowest BCUT2D eigenvalue weighted by Gasteiger charge is -2.25. The summed E-state index contributed by atoms with van der Waals surface area (Å²) in [6.07, 6.45) is 8.15. The van der Waals surface area contributed by atoms with Crippen LogP contribution in [0.2, 0.25) is 0 Å². The Morgan fingerprint density at radius 2 is 1.93 bits per heavy atom. The third kappa shape index (κ3) is 1.92. The third-order valence-electron chi connectivity index (χ3n) is 3.67. The van der Waals surface area contributed by atoms with Gasteiger partial charge in [-0.05, 0) is 25.7 Å². The molecule has 2 saturated carbocycles. The van der Waals surface area contributed by atoms with Gasteiger partial charge in [-0.25, -0.2) is 0 Å². The van der Waals surface area contributed by atoms with E-state index >= 15 is 0 Å². The average molecular weight is 196 g/mol. The van der Waals surface area contributed by atoms with Crippen molar-refractivity contribution in [1.29, 1.82) is 0 Å². The zero-order valence-corrected chi connectivity index (χ0v) is 8.72. The van der Waals surface area contributed by atoms with Crippen molar-refractivity contribution in [3.05, 3.63) is 0 Å². The number of nitrogens with one attached hydrogen (secondary N) is 1. The van der Waals surface area contributed by atoms with Gasteiger partial charge in [-0.15, -0.1) is 0 Å². The lowest BCUT2D eigenvalue weighted by Crippen LogP contribution is -2.43. The maximum absolute atomic E-state index is 11.8. The van der Waals surface area contributed by atoms with Crippen LogP contribution in [-0.2, 0) is 4.79 Å². The number of hydrogen-bond donors (Lipinski definition) is 2. The van der Waals surface area contributed by atoms with Gasteiger partial charge >= 0.3 is 0 Å². The average Bonchev–Trinajstić information content (AvgIpc) is 3.00. The molecule has 0 bridgehead atoms. The molecule has 0 atom stereocenters. The highest BCUT2D eigenvalue weighted by Gasteiger charge is 2.48. The van der Waals surface area contributed by atoms with Crippen LogP contribution in [-0.4, -0.2) is 18.5 Å². The van der Waals surface area contributed by atoms with Gasteiger partial charge in [-0.1, -0.05) is 19.3 Å². The molecule has 0 aromatic heterocycles. The highest BCUT2D eigenvalue weighted by Crippen LogP contribution is 2.44. The van der Waals surface area contributed by atoms with Crippen LogP contribution in [0.15, 0.2) is 0 Å². The molecule has 3 heteroatoms. The first kappa shape index (κ1) is 9.97. The van der Waals surface area contributed by atoms with Crippen LogP contribution in [0.5, 0.6) is 0 Å². The van der Waals surface area contributed by atoms with Crippen LogP contribution in [0, 0.1) is 5.41 Å². The second-order valence-electron chi connectivity index (χ2n) is 4.79.